The highest BCUT2D eigenvalue weighted by Crippen LogP contribution is 2.35. The van der Waals surface area contributed by atoms with E-state index >= 15 is 0 Å². The predicted octanol–water partition coefficient (Wildman–Crippen LogP) is 4.16. The van der Waals surface area contributed by atoms with E-state index in [0.29, 0.717) is 83.4 Å². The van der Waals surface area contributed by atoms with E-state index in [1.54, 1.807) is 20.3 Å². The van der Waals surface area contributed by atoms with Gasteiger partial charge in [-0.3, -0.25) is 4.79 Å². The third-order valence-electron chi connectivity index (χ3n) is 7.18. The minimum atomic E-state index is -0.192. The third-order valence-corrected chi connectivity index (χ3v) is 7.58. The third kappa shape index (κ3) is 5.87. The molecule has 0 amide bonds. The summed E-state index contributed by atoms with van der Waals surface area (Å²) in [6.45, 7) is 2.49. The zero-order chi connectivity index (χ0) is 29.1. The molecule has 0 fully saturated rings. The van der Waals surface area contributed by atoms with E-state index in [0.717, 1.165) is 16.5 Å². The normalized spacial score (nSPS) is 13.1. The highest BCUT2D eigenvalue weighted by Gasteiger charge is 2.19. The lowest BCUT2D eigenvalue weighted by Gasteiger charge is -2.26. The number of aromatic amines is 1. The number of rotatable bonds is 9. The molecule has 0 aliphatic carbocycles. The van der Waals surface area contributed by atoms with Crippen LogP contribution in [-0.2, 0) is 19.5 Å². The van der Waals surface area contributed by atoms with Gasteiger partial charge in [0.25, 0.3) is 5.56 Å². The number of thiocarbonyl (C=S) groups is 1. The number of aromatic nitrogens is 1. The molecule has 1 aromatic heterocycles. The van der Waals surface area contributed by atoms with Crippen molar-refractivity contribution in [3.8, 4) is 34.5 Å². The molecule has 218 valence electrons. The number of nitrogens with zero attached hydrogens (tertiary/aromatic N) is 1. The van der Waals surface area contributed by atoms with E-state index in [2.05, 4.69) is 10.3 Å². The second-order valence-corrected chi connectivity index (χ2v) is 10.3. The maximum Gasteiger partial charge on any atom is 0.253 e. The van der Waals surface area contributed by atoms with E-state index in [9.17, 15) is 4.79 Å². The first-order valence-electron chi connectivity index (χ1n) is 13.6. The van der Waals surface area contributed by atoms with Crippen LogP contribution in [0.5, 0.6) is 34.5 Å². The Bertz CT molecular complexity index is 1690. The van der Waals surface area contributed by atoms with Crippen LogP contribution in [0.2, 0.25) is 0 Å². The lowest BCUT2D eigenvalue weighted by Crippen LogP contribution is -2.40. The fourth-order valence-electron chi connectivity index (χ4n) is 5.03. The van der Waals surface area contributed by atoms with Crippen molar-refractivity contribution in [3.63, 3.8) is 0 Å². The van der Waals surface area contributed by atoms with Crippen LogP contribution in [0.4, 0.5) is 0 Å². The predicted molar refractivity (Wildman–Crippen MR) is 161 cm³/mol. The molecule has 2 aliphatic rings. The van der Waals surface area contributed by atoms with E-state index in [1.165, 1.54) is 0 Å². The van der Waals surface area contributed by atoms with Crippen LogP contribution >= 0.6 is 12.2 Å². The zero-order valence-electron chi connectivity index (χ0n) is 23.4. The summed E-state index contributed by atoms with van der Waals surface area (Å²) in [7, 11) is 3.23. The van der Waals surface area contributed by atoms with Crippen molar-refractivity contribution in [2.75, 3.05) is 40.8 Å². The first-order valence-corrected chi connectivity index (χ1v) is 14.0. The van der Waals surface area contributed by atoms with E-state index in [4.69, 9.17) is 40.6 Å². The summed E-state index contributed by atoms with van der Waals surface area (Å²) in [6.07, 6.45) is 0.710. The lowest BCUT2D eigenvalue weighted by molar-refractivity contribution is 0.172. The van der Waals surface area contributed by atoms with Gasteiger partial charge in [-0.2, -0.15) is 0 Å². The Balaban J connectivity index is 1.22. The van der Waals surface area contributed by atoms with Gasteiger partial charge in [0, 0.05) is 30.1 Å². The van der Waals surface area contributed by atoms with Gasteiger partial charge in [0.2, 0.25) is 6.79 Å². The summed E-state index contributed by atoms with van der Waals surface area (Å²) in [5, 5.41) is 4.74. The number of ether oxygens (including phenoxy) is 6. The van der Waals surface area contributed by atoms with Crippen molar-refractivity contribution >= 4 is 28.2 Å². The standard InChI is InChI=1S/C31H31N3O7S/c1-36-24-5-3-19(11-26(24)37-2)7-8-32-31(42)34(16-20-4-6-25-27(12-20)41-18-40-25)17-22-13-21-14-28-29(39-10-9-38-28)15-23(21)33-30(22)35/h3-6,11-15H,7-10,16-18H2,1-2H3,(H,32,42)(H,33,35). The maximum atomic E-state index is 13.2. The molecule has 0 spiro atoms. The monoisotopic (exact) mass is 589 g/mol. The summed E-state index contributed by atoms with van der Waals surface area (Å²) >= 11 is 5.86. The molecule has 10 nitrogen and oxygen atoms in total. The summed E-state index contributed by atoms with van der Waals surface area (Å²) in [5.41, 5.74) is 3.11. The molecule has 0 unspecified atom stereocenters. The first kappa shape index (κ1) is 27.5. The fraction of sp³-hybridized carbons (Fsp3) is 0.290. The number of fused-ring (bicyclic) bond motifs is 3. The zero-order valence-corrected chi connectivity index (χ0v) is 24.2. The van der Waals surface area contributed by atoms with Crippen molar-refractivity contribution < 1.29 is 28.4 Å². The Morgan fingerprint density at radius 1 is 0.857 bits per heavy atom. The average Bonchev–Trinajstić information content (AvgIpc) is 3.48. The number of H-pyrrole nitrogens is 1. The van der Waals surface area contributed by atoms with Gasteiger partial charge in [-0.25, -0.2) is 0 Å². The number of pyridine rings is 1. The maximum absolute atomic E-state index is 13.2. The first-order chi connectivity index (χ1) is 20.5. The number of methoxy groups -OCH3 is 2. The largest absolute Gasteiger partial charge is 0.493 e. The van der Waals surface area contributed by atoms with Crippen molar-refractivity contribution in [3.05, 3.63) is 81.6 Å². The quantitative estimate of drug-likeness (QED) is 0.277. The molecule has 0 saturated heterocycles. The minimum Gasteiger partial charge on any atom is -0.493 e. The molecule has 42 heavy (non-hydrogen) atoms. The molecule has 2 N–H and O–H groups in total. The molecular weight excluding hydrogens is 558 g/mol. The van der Waals surface area contributed by atoms with Crippen LogP contribution in [0.3, 0.4) is 0 Å². The van der Waals surface area contributed by atoms with E-state index in [1.807, 2.05) is 53.4 Å². The highest BCUT2D eigenvalue weighted by molar-refractivity contribution is 7.80. The highest BCUT2D eigenvalue weighted by atomic mass is 32.1. The topological polar surface area (TPSA) is 104 Å². The Morgan fingerprint density at radius 3 is 2.40 bits per heavy atom. The second kappa shape index (κ2) is 12.1. The van der Waals surface area contributed by atoms with Gasteiger partial charge < -0.3 is 43.6 Å². The van der Waals surface area contributed by atoms with Gasteiger partial charge in [0.1, 0.15) is 13.2 Å². The molecule has 11 heteroatoms. The Morgan fingerprint density at radius 2 is 1.60 bits per heavy atom. The number of benzene rings is 3. The average molecular weight is 590 g/mol. The molecule has 2 aliphatic heterocycles. The lowest BCUT2D eigenvalue weighted by atomic mass is 10.1. The second-order valence-electron chi connectivity index (χ2n) is 9.92. The Kier molecular flexibility index (Phi) is 7.91. The van der Waals surface area contributed by atoms with Gasteiger partial charge >= 0.3 is 0 Å². The molecule has 6 rings (SSSR count). The van der Waals surface area contributed by atoms with Crippen molar-refractivity contribution in [2.45, 2.75) is 19.5 Å². The van der Waals surface area contributed by atoms with Crippen LogP contribution in [-0.4, -0.2) is 55.8 Å². The van der Waals surface area contributed by atoms with Crippen LogP contribution in [0.15, 0.2) is 59.4 Å². The molecule has 4 aromatic rings. The smallest absolute Gasteiger partial charge is 0.253 e. The summed E-state index contributed by atoms with van der Waals surface area (Å²) in [6, 6.07) is 17.2. The van der Waals surface area contributed by atoms with E-state index < -0.39 is 0 Å². The van der Waals surface area contributed by atoms with Crippen LogP contribution in [0.25, 0.3) is 10.9 Å². The Hall–Kier alpha value is -4.64. The van der Waals surface area contributed by atoms with Gasteiger partial charge in [0.15, 0.2) is 39.6 Å². The minimum absolute atomic E-state index is 0.192. The number of nitrogens with one attached hydrogen (secondary N) is 2. The van der Waals surface area contributed by atoms with Gasteiger partial charge in [-0.15, -0.1) is 0 Å². The van der Waals surface area contributed by atoms with Crippen LogP contribution < -0.4 is 39.3 Å². The van der Waals surface area contributed by atoms with Crippen LogP contribution in [0.1, 0.15) is 16.7 Å². The van der Waals surface area contributed by atoms with E-state index in [-0.39, 0.29) is 18.9 Å². The molecule has 3 heterocycles. The number of hydrogen-bond acceptors (Lipinski definition) is 8. The Labute approximate surface area is 248 Å². The van der Waals surface area contributed by atoms with Crippen molar-refractivity contribution in [1.29, 1.82) is 0 Å². The van der Waals surface area contributed by atoms with Gasteiger partial charge in [-0.1, -0.05) is 12.1 Å². The van der Waals surface area contributed by atoms with Gasteiger partial charge in [0.05, 0.1) is 26.3 Å². The molecule has 3 aromatic carbocycles. The van der Waals surface area contributed by atoms with Crippen molar-refractivity contribution in [1.82, 2.24) is 15.2 Å². The molecular formula is C31H31N3O7S. The number of hydrogen-bond donors (Lipinski definition) is 2. The molecule has 0 radical (unpaired) electrons. The fourth-order valence-corrected chi connectivity index (χ4v) is 5.26. The summed E-state index contributed by atoms with van der Waals surface area (Å²) < 4.78 is 33.2. The summed E-state index contributed by atoms with van der Waals surface area (Å²) in [4.78, 5) is 18.2. The SMILES string of the molecule is COc1ccc(CCNC(=S)N(Cc2ccc3c(c2)OCO3)Cc2cc3cc4c(cc3[nH]c2=O)OCCO4)cc1OC. The molecule has 0 bridgehead atoms. The van der Waals surface area contributed by atoms with Gasteiger partial charge in [-0.05, 0) is 66.2 Å². The summed E-state index contributed by atoms with van der Waals surface area (Å²) in [5.74, 6) is 4.05. The molecule has 0 atom stereocenters. The van der Waals surface area contributed by atoms with Crippen LogP contribution in [0, 0.1) is 0 Å². The van der Waals surface area contributed by atoms with Crippen molar-refractivity contribution in [2.24, 2.45) is 0 Å². The molecule has 0 saturated carbocycles.